The molecule has 1 atom stereocenters. The minimum absolute atomic E-state index is 0.444. The number of benzene rings is 1. The summed E-state index contributed by atoms with van der Waals surface area (Å²) in [6, 6.07) is 4.01. The minimum Gasteiger partial charge on any atom is -0.508 e. The van der Waals surface area contributed by atoms with Gasteiger partial charge >= 0.3 is 0 Å². The lowest BCUT2D eigenvalue weighted by Crippen LogP contribution is -2.30. The molecule has 0 amide bonds. The van der Waals surface area contributed by atoms with Crippen LogP contribution in [-0.4, -0.2) is 18.2 Å². The highest BCUT2D eigenvalue weighted by Gasteiger charge is 2.19. The maximum atomic E-state index is 10.0. The van der Waals surface area contributed by atoms with Crippen molar-refractivity contribution in [1.29, 1.82) is 0 Å². The normalized spacial score (nSPS) is 23.6. The van der Waals surface area contributed by atoms with Gasteiger partial charge < -0.3 is 15.2 Å². The van der Waals surface area contributed by atoms with Crippen LogP contribution in [0.3, 0.4) is 0 Å². The summed E-state index contributed by atoms with van der Waals surface area (Å²) < 4.78 is 5.39. The smallest absolute Gasteiger partial charge is 0.119 e. The molecule has 1 aromatic rings. The molecule has 0 bridgehead atoms. The van der Waals surface area contributed by atoms with Gasteiger partial charge in [-0.3, -0.25) is 0 Å². The van der Waals surface area contributed by atoms with E-state index in [1.807, 2.05) is 6.07 Å². The van der Waals surface area contributed by atoms with E-state index >= 15 is 0 Å². The molecule has 0 aliphatic carbocycles. The van der Waals surface area contributed by atoms with Crippen LogP contribution in [-0.2, 0) is 24.4 Å². The molecule has 1 aromatic carbocycles. The first-order valence-corrected chi connectivity index (χ1v) is 6.45. The van der Waals surface area contributed by atoms with E-state index < -0.39 is 0 Å². The highest BCUT2D eigenvalue weighted by molar-refractivity contribution is 5.43. The fraction of sp³-hybridized carbons (Fsp3) is 0.571. The number of piperidine rings is 1. The number of hydrogen-bond acceptors (Lipinski definition) is 3. The van der Waals surface area contributed by atoms with E-state index in [1.165, 1.54) is 18.4 Å². The molecule has 0 radical (unpaired) electrons. The van der Waals surface area contributed by atoms with E-state index in [4.69, 9.17) is 4.74 Å². The number of rotatable bonds is 2. The molecule has 1 saturated heterocycles. The summed E-state index contributed by atoms with van der Waals surface area (Å²) in [5.41, 5.74) is 3.48. The van der Waals surface area contributed by atoms with Gasteiger partial charge in [0.15, 0.2) is 0 Å². The molecule has 3 rings (SSSR count). The molecular formula is C14H19NO2. The van der Waals surface area contributed by atoms with Gasteiger partial charge in [0.1, 0.15) is 5.75 Å². The van der Waals surface area contributed by atoms with Crippen LogP contribution < -0.4 is 5.32 Å². The van der Waals surface area contributed by atoms with Crippen LogP contribution in [0.15, 0.2) is 12.1 Å². The zero-order chi connectivity index (χ0) is 11.7. The fourth-order valence-electron chi connectivity index (χ4n) is 2.84. The fourth-order valence-corrected chi connectivity index (χ4v) is 2.84. The zero-order valence-corrected chi connectivity index (χ0v) is 10.0. The molecule has 2 aliphatic heterocycles. The first kappa shape index (κ1) is 11.1. The van der Waals surface area contributed by atoms with Crippen molar-refractivity contribution in [2.24, 2.45) is 5.92 Å². The summed E-state index contributed by atoms with van der Waals surface area (Å²) in [6.45, 7) is 3.56. The van der Waals surface area contributed by atoms with Gasteiger partial charge in [-0.2, -0.15) is 0 Å². The van der Waals surface area contributed by atoms with Gasteiger partial charge in [-0.05, 0) is 67.1 Å². The van der Waals surface area contributed by atoms with E-state index in [0.29, 0.717) is 24.9 Å². The zero-order valence-electron chi connectivity index (χ0n) is 10.0. The van der Waals surface area contributed by atoms with Crippen LogP contribution in [0.25, 0.3) is 0 Å². The third-order valence-electron chi connectivity index (χ3n) is 3.82. The largest absolute Gasteiger partial charge is 0.508 e. The van der Waals surface area contributed by atoms with Crippen LogP contribution >= 0.6 is 0 Å². The first-order chi connectivity index (χ1) is 8.33. The van der Waals surface area contributed by atoms with Gasteiger partial charge in [0.05, 0.1) is 13.2 Å². The Kier molecular flexibility index (Phi) is 3.04. The summed E-state index contributed by atoms with van der Waals surface area (Å²) >= 11 is 0. The second-order valence-electron chi connectivity index (χ2n) is 5.16. The average molecular weight is 233 g/mol. The van der Waals surface area contributed by atoms with Crippen molar-refractivity contribution in [2.45, 2.75) is 32.5 Å². The molecule has 2 heterocycles. The quantitative estimate of drug-likeness (QED) is 0.820. The predicted octanol–water partition coefficient (Wildman–Crippen LogP) is 1.96. The Morgan fingerprint density at radius 1 is 1.29 bits per heavy atom. The molecule has 0 saturated carbocycles. The number of phenols is 1. The lowest BCUT2D eigenvalue weighted by atomic mass is 9.90. The number of phenolic OH excluding ortho intramolecular Hbond substituents is 1. The van der Waals surface area contributed by atoms with Gasteiger partial charge in [-0.25, -0.2) is 0 Å². The van der Waals surface area contributed by atoms with Crippen LogP contribution in [0, 0.1) is 5.92 Å². The number of fused-ring (bicyclic) bond motifs is 1. The molecule has 92 valence electrons. The Bertz CT molecular complexity index is 411. The second kappa shape index (κ2) is 4.67. The average Bonchev–Trinajstić information content (AvgIpc) is 2.78. The van der Waals surface area contributed by atoms with Gasteiger partial charge in [0.2, 0.25) is 0 Å². The van der Waals surface area contributed by atoms with Crippen molar-refractivity contribution in [2.75, 3.05) is 13.1 Å². The van der Waals surface area contributed by atoms with Gasteiger partial charge in [0, 0.05) is 0 Å². The Morgan fingerprint density at radius 3 is 2.88 bits per heavy atom. The number of aromatic hydroxyl groups is 1. The molecule has 1 fully saturated rings. The highest BCUT2D eigenvalue weighted by atomic mass is 16.5. The molecule has 17 heavy (non-hydrogen) atoms. The van der Waals surface area contributed by atoms with Crippen molar-refractivity contribution in [3.8, 4) is 5.75 Å². The molecule has 3 heteroatoms. The monoisotopic (exact) mass is 233 g/mol. The molecule has 2 aliphatic rings. The highest BCUT2D eigenvalue weighted by Crippen LogP contribution is 2.30. The lowest BCUT2D eigenvalue weighted by molar-refractivity contribution is 0.134. The summed E-state index contributed by atoms with van der Waals surface area (Å²) in [4.78, 5) is 0. The number of ether oxygens (including phenoxy) is 1. The SMILES string of the molecule is Oc1cc2c(cc1CC1CCCNC1)COC2. The van der Waals surface area contributed by atoms with Gasteiger partial charge in [0.25, 0.3) is 0 Å². The topological polar surface area (TPSA) is 41.5 Å². The summed E-state index contributed by atoms with van der Waals surface area (Å²) in [5, 5.41) is 13.4. The van der Waals surface area contributed by atoms with Crippen LogP contribution in [0.2, 0.25) is 0 Å². The van der Waals surface area contributed by atoms with E-state index in [0.717, 1.165) is 30.6 Å². The molecular weight excluding hydrogens is 214 g/mol. The van der Waals surface area contributed by atoms with Crippen LogP contribution in [0.5, 0.6) is 5.75 Å². The van der Waals surface area contributed by atoms with Gasteiger partial charge in [-0.1, -0.05) is 0 Å². The minimum atomic E-state index is 0.444. The van der Waals surface area contributed by atoms with E-state index in [9.17, 15) is 5.11 Å². The Balaban J connectivity index is 1.78. The molecule has 2 N–H and O–H groups in total. The standard InChI is InChI=1S/C14H19NO2/c16-14-6-13-9-17-8-12(13)5-11(14)4-10-2-1-3-15-7-10/h5-6,10,15-16H,1-4,7-9H2. The number of nitrogens with one attached hydrogen (secondary N) is 1. The Hall–Kier alpha value is -1.06. The third kappa shape index (κ3) is 2.31. The molecule has 0 aromatic heterocycles. The Labute approximate surface area is 102 Å². The first-order valence-electron chi connectivity index (χ1n) is 6.45. The third-order valence-corrected chi connectivity index (χ3v) is 3.82. The van der Waals surface area contributed by atoms with E-state index in [2.05, 4.69) is 11.4 Å². The van der Waals surface area contributed by atoms with Crippen molar-refractivity contribution < 1.29 is 9.84 Å². The van der Waals surface area contributed by atoms with Crippen molar-refractivity contribution in [3.63, 3.8) is 0 Å². The Morgan fingerprint density at radius 2 is 2.12 bits per heavy atom. The predicted molar refractivity (Wildman–Crippen MR) is 65.9 cm³/mol. The summed E-state index contributed by atoms with van der Waals surface area (Å²) in [5.74, 6) is 1.11. The van der Waals surface area contributed by atoms with Crippen LogP contribution in [0.4, 0.5) is 0 Å². The van der Waals surface area contributed by atoms with E-state index in [-0.39, 0.29) is 0 Å². The van der Waals surface area contributed by atoms with Crippen molar-refractivity contribution in [1.82, 2.24) is 5.32 Å². The van der Waals surface area contributed by atoms with Crippen molar-refractivity contribution >= 4 is 0 Å². The summed E-state index contributed by atoms with van der Waals surface area (Å²) in [6.07, 6.45) is 3.49. The summed E-state index contributed by atoms with van der Waals surface area (Å²) in [7, 11) is 0. The maximum Gasteiger partial charge on any atom is 0.119 e. The molecule has 1 unspecified atom stereocenters. The van der Waals surface area contributed by atoms with Gasteiger partial charge in [-0.15, -0.1) is 0 Å². The maximum absolute atomic E-state index is 10.0. The van der Waals surface area contributed by atoms with Crippen LogP contribution in [0.1, 0.15) is 29.5 Å². The lowest BCUT2D eigenvalue weighted by Gasteiger charge is -2.23. The molecule has 3 nitrogen and oxygen atoms in total. The number of hydrogen-bond donors (Lipinski definition) is 2. The molecule has 0 spiro atoms. The second-order valence-corrected chi connectivity index (χ2v) is 5.16. The van der Waals surface area contributed by atoms with Crippen molar-refractivity contribution in [3.05, 3.63) is 28.8 Å². The van der Waals surface area contributed by atoms with E-state index in [1.54, 1.807) is 0 Å².